The Kier molecular flexibility index (Phi) is 10.1. The molecule has 1 aromatic rings. The molecule has 0 spiro atoms. The van der Waals surface area contributed by atoms with E-state index < -0.39 is 0 Å². The predicted molar refractivity (Wildman–Crippen MR) is 69.5 cm³/mol. The van der Waals surface area contributed by atoms with Gasteiger partial charge in [-0.15, -0.1) is 0 Å². The fraction of sp³-hybridized carbons (Fsp3) is 0.538. The normalized spacial score (nSPS) is 9.40. The van der Waals surface area contributed by atoms with E-state index in [1.54, 1.807) is 0 Å². The van der Waals surface area contributed by atoms with Gasteiger partial charge in [0.25, 0.3) is 0 Å². The number of benzene rings is 1. The van der Waals surface area contributed by atoms with Gasteiger partial charge in [0, 0.05) is 0 Å². The molecule has 0 aliphatic carbocycles. The van der Waals surface area contributed by atoms with E-state index in [9.17, 15) is 0 Å². The van der Waals surface area contributed by atoms with Crippen LogP contribution in [0.1, 0.15) is 45.1 Å². The number of unbranched alkanes of at least 4 members (excludes halogenated alkanes) is 3. The van der Waals surface area contributed by atoms with Crippen LogP contribution in [0.4, 0.5) is 0 Å². The molecular weight excluding hydrogens is 177 g/mol. The van der Waals surface area contributed by atoms with E-state index in [-0.39, 0.29) is 0 Å². The maximum absolute atomic E-state index is 5.45. The summed E-state index contributed by atoms with van der Waals surface area (Å²) in [6, 6.07) is 8.15. The molecule has 1 nitrogen and oxygen atoms in total. The Bertz CT molecular complexity index is 244. The quantitative estimate of drug-likeness (QED) is 0.585. The second-order valence-corrected chi connectivity index (χ2v) is 3.84. The van der Waals surface area contributed by atoms with E-state index in [0.29, 0.717) is 6.54 Å². The van der Waals surface area contributed by atoms with E-state index >= 15 is 0 Å². The monoisotopic (exact) mass is 199 g/mol. The average Bonchev–Trinajstić information content (AvgIpc) is 2.28. The summed E-state index contributed by atoms with van der Waals surface area (Å²) in [7, 11) is 0. The number of hydrogen-bond donors (Lipinski definition) is 1. The minimum atomic E-state index is 0.646. The van der Waals surface area contributed by atoms with Crippen molar-refractivity contribution in [3.05, 3.63) is 29.8 Å². The molecule has 0 aliphatic rings. The average molecular weight is 199 g/mol. The van der Waals surface area contributed by atoms with Gasteiger partial charge in [0.05, 0.1) is 0 Å². The first-order valence-electron chi connectivity index (χ1n) is 6.00. The molecule has 0 aromatic heterocycles. The summed E-state index contributed by atoms with van der Waals surface area (Å²) in [6.45, 7) is 5.11. The van der Waals surface area contributed by atoms with Crippen LogP contribution in [-0.2, 0) is 6.54 Å². The van der Waals surface area contributed by atoms with E-state index in [1.165, 1.54) is 35.5 Å². The summed E-state index contributed by atoms with van der Waals surface area (Å²) in [4.78, 5) is 0. The zero-order valence-corrected chi connectivity index (χ0v) is 10.4. The van der Waals surface area contributed by atoms with Gasteiger partial charge in [-0.2, -0.15) is 0 Å². The van der Waals surface area contributed by atoms with Gasteiger partial charge in [0.1, 0.15) is 0 Å². The fourth-order valence-corrected chi connectivity index (χ4v) is 1.34. The van der Waals surface area contributed by atoms with Crippen LogP contribution in [0.5, 0.6) is 0 Å². The Hall–Kier alpha value is -0.223. The molecule has 0 unspecified atom stereocenters. The van der Waals surface area contributed by atoms with Gasteiger partial charge < -0.3 is 0 Å². The summed E-state index contributed by atoms with van der Waals surface area (Å²) in [5.74, 6) is 0. The van der Waals surface area contributed by atoms with Crippen LogP contribution in [-0.4, -0.2) is 17.7 Å². The molecule has 2 N–H and O–H groups in total. The molecule has 15 heavy (non-hydrogen) atoms. The Morgan fingerprint density at radius 1 is 1.07 bits per heavy atom. The van der Waals surface area contributed by atoms with Gasteiger partial charge >= 0.3 is 64.1 Å². The van der Waals surface area contributed by atoms with Crippen molar-refractivity contribution in [3.63, 3.8) is 0 Å². The molecule has 0 heterocycles. The van der Waals surface area contributed by atoms with Crippen molar-refractivity contribution >= 4 is 22.0 Å². The summed E-state index contributed by atoms with van der Waals surface area (Å²) in [6.07, 6.45) is 5.54. The molecule has 2 heteroatoms. The second kappa shape index (κ2) is 10.3. The molecule has 0 saturated carbocycles. The molecule has 0 atom stereocenters. The van der Waals surface area contributed by atoms with Crippen LogP contribution in [0.25, 0.3) is 0 Å². The standard InChI is InChI=1S/C7H8N.C6H14.Li/c8-6-7-4-2-1-3-5-7;1-3-5-6-4-2;/h1-4H,6,8H2;3-6H2,1-2H3;. The first kappa shape index (κ1) is 14.8. The summed E-state index contributed by atoms with van der Waals surface area (Å²) in [5.41, 5.74) is 6.68. The summed E-state index contributed by atoms with van der Waals surface area (Å²) >= 11 is 2.07. The van der Waals surface area contributed by atoms with Crippen molar-refractivity contribution in [2.24, 2.45) is 5.73 Å². The third-order valence-corrected chi connectivity index (χ3v) is 2.44. The van der Waals surface area contributed by atoms with Crippen molar-refractivity contribution < 1.29 is 0 Å². The molecule has 0 amide bonds. The molecular formula is C13H22LiN. The second-order valence-electron chi connectivity index (χ2n) is 3.84. The maximum atomic E-state index is 5.45. The van der Waals surface area contributed by atoms with Crippen LogP contribution in [0, 0.1) is 0 Å². The van der Waals surface area contributed by atoms with Gasteiger partial charge in [0.2, 0.25) is 0 Å². The van der Waals surface area contributed by atoms with Crippen LogP contribution in [0.15, 0.2) is 24.3 Å². The van der Waals surface area contributed by atoms with Gasteiger partial charge in [-0.1, -0.05) is 39.5 Å². The number of nitrogens with two attached hydrogens (primary N) is 1. The molecule has 0 radical (unpaired) electrons. The van der Waals surface area contributed by atoms with Gasteiger partial charge in [-0.05, 0) is 0 Å². The molecule has 80 valence electrons. The topological polar surface area (TPSA) is 26.0 Å². The Labute approximate surface area is 104 Å². The zero-order valence-electron chi connectivity index (χ0n) is 10.4. The van der Waals surface area contributed by atoms with Crippen molar-refractivity contribution in [1.82, 2.24) is 0 Å². The molecule has 0 fully saturated rings. The molecule has 1 rings (SSSR count). The summed E-state index contributed by atoms with van der Waals surface area (Å²) < 4.78 is 1.28. The van der Waals surface area contributed by atoms with Crippen molar-refractivity contribution in [2.75, 3.05) is 0 Å². The third kappa shape index (κ3) is 7.68. The van der Waals surface area contributed by atoms with Crippen LogP contribution >= 0.6 is 0 Å². The molecule has 0 saturated heterocycles. The van der Waals surface area contributed by atoms with Crippen LogP contribution in [0.3, 0.4) is 0 Å². The Morgan fingerprint density at radius 3 is 1.93 bits per heavy atom. The van der Waals surface area contributed by atoms with Gasteiger partial charge in [-0.25, -0.2) is 0 Å². The fourth-order valence-electron chi connectivity index (χ4n) is 1.34. The Balaban J connectivity index is 0.000000288. The third-order valence-electron chi connectivity index (χ3n) is 2.44. The summed E-state index contributed by atoms with van der Waals surface area (Å²) in [5, 5.41) is 0. The van der Waals surface area contributed by atoms with E-state index in [4.69, 9.17) is 5.73 Å². The van der Waals surface area contributed by atoms with Crippen molar-refractivity contribution in [1.29, 1.82) is 0 Å². The Morgan fingerprint density at radius 2 is 1.60 bits per heavy atom. The predicted octanol–water partition coefficient (Wildman–Crippen LogP) is 2.53. The number of hydrogen-bond acceptors (Lipinski definition) is 1. The van der Waals surface area contributed by atoms with E-state index in [2.05, 4.69) is 43.7 Å². The van der Waals surface area contributed by atoms with E-state index in [0.717, 1.165) is 0 Å². The molecule has 0 aliphatic heterocycles. The SMILES string of the molecule is CCCCCC.[Li][c]1ccccc1CN. The van der Waals surface area contributed by atoms with Crippen molar-refractivity contribution in [3.8, 4) is 0 Å². The van der Waals surface area contributed by atoms with Crippen LogP contribution < -0.4 is 9.97 Å². The number of rotatable bonds is 4. The first-order chi connectivity index (χ1) is 7.26. The van der Waals surface area contributed by atoms with E-state index in [1.807, 2.05) is 12.1 Å². The zero-order chi connectivity index (χ0) is 11.5. The minimum absolute atomic E-state index is 0.646. The van der Waals surface area contributed by atoms with Crippen molar-refractivity contribution in [2.45, 2.75) is 46.1 Å². The van der Waals surface area contributed by atoms with Gasteiger partial charge in [-0.3, -0.25) is 0 Å². The molecule has 1 aromatic carbocycles. The van der Waals surface area contributed by atoms with Gasteiger partial charge in [0.15, 0.2) is 0 Å². The molecule has 0 bridgehead atoms. The first-order valence-corrected chi connectivity index (χ1v) is 6.00. The van der Waals surface area contributed by atoms with Crippen LogP contribution in [0.2, 0.25) is 0 Å².